The number of rotatable bonds is 2. The van der Waals surface area contributed by atoms with Crippen LogP contribution in [0.2, 0.25) is 0 Å². The second-order valence-electron chi connectivity index (χ2n) is 7.35. The van der Waals surface area contributed by atoms with Crippen LogP contribution >= 0.6 is 0 Å². The molecule has 0 saturated heterocycles. The first kappa shape index (κ1) is 20.6. The first-order chi connectivity index (χ1) is 12.4. The zero-order valence-electron chi connectivity index (χ0n) is 16.4. The van der Waals surface area contributed by atoms with Gasteiger partial charge in [-0.15, -0.1) is 0 Å². The molecule has 5 heteroatoms. The molecule has 4 heterocycles. The van der Waals surface area contributed by atoms with Crippen molar-refractivity contribution in [2.24, 2.45) is 0 Å². The molecule has 0 unspecified atom stereocenters. The molecule has 0 N–H and O–H groups in total. The molecule has 0 aliphatic carbocycles. The molecule has 144 valence electrons. The molecule has 4 aromatic heterocycles. The van der Waals surface area contributed by atoms with Gasteiger partial charge in [-0.25, -0.2) is 14.6 Å². The van der Waals surface area contributed by atoms with Crippen molar-refractivity contribution in [2.75, 3.05) is 0 Å². The van der Waals surface area contributed by atoms with Gasteiger partial charge in [-0.05, 0) is 70.9 Å². The quantitative estimate of drug-likeness (QED) is 0.445. The molecule has 0 saturated carbocycles. The van der Waals surface area contributed by atoms with Crippen molar-refractivity contribution in [2.45, 2.75) is 61.1 Å². The first-order valence-corrected chi connectivity index (χ1v) is 9.10. The summed E-state index contributed by atoms with van der Waals surface area (Å²) in [5.41, 5.74) is 4.45. The van der Waals surface area contributed by atoms with E-state index in [1.54, 1.807) is 0 Å². The van der Waals surface area contributed by atoms with E-state index in [0.717, 1.165) is 16.7 Å². The van der Waals surface area contributed by atoms with Crippen LogP contribution < -0.4 is 0 Å². The predicted molar refractivity (Wildman–Crippen MR) is 114 cm³/mol. The lowest BCUT2D eigenvalue weighted by molar-refractivity contribution is 0.546. The smallest absolute Gasteiger partial charge is 0.157 e. The summed E-state index contributed by atoms with van der Waals surface area (Å²) in [4.78, 5) is 8.79. The fourth-order valence-electron chi connectivity index (χ4n) is 3.00. The van der Waals surface area contributed by atoms with E-state index in [0.29, 0.717) is 12.1 Å². The maximum Gasteiger partial charge on any atom is 0.157 e. The zero-order chi connectivity index (χ0) is 18.8. The molecule has 4 rings (SSSR count). The highest BCUT2D eigenvalue weighted by Crippen LogP contribution is 2.18. The van der Waals surface area contributed by atoms with Crippen LogP contribution in [0.5, 0.6) is 0 Å². The number of aryl methyl sites for hydroxylation is 2. The number of aromatic nitrogens is 5. The van der Waals surface area contributed by atoms with Gasteiger partial charge in [0.2, 0.25) is 0 Å². The van der Waals surface area contributed by atoms with Gasteiger partial charge >= 0.3 is 0 Å². The fourth-order valence-corrected chi connectivity index (χ4v) is 3.00. The number of hydrogen-bond acceptors (Lipinski definition) is 3. The Morgan fingerprint density at radius 2 is 1.37 bits per heavy atom. The van der Waals surface area contributed by atoms with Gasteiger partial charge in [-0.1, -0.05) is 7.43 Å². The van der Waals surface area contributed by atoms with Gasteiger partial charge in [0.25, 0.3) is 0 Å². The standard InChI is InChI=1S/C11H14N2.C10H13N3.CH4/c1-8(2)13-5-4-10-6-9(3)7-12-11(10)13;1-7(2)13-10-9(6-12-13)4-8(3)5-11-10;/h4-8H,1-3H3;4-7H,1-3H3;1H4. The highest BCUT2D eigenvalue weighted by atomic mass is 15.3. The van der Waals surface area contributed by atoms with E-state index in [9.17, 15) is 0 Å². The van der Waals surface area contributed by atoms with Gasteiger partial charge in [0.05, 0.1) is 6.20 Å². The van der Waals surface area contributed by atoms with E-state index in [1.165, 1.54) is 16.5 Å². The summed E-state index contributed by atoms with van der Waals surface area (Å²) < 4.78 is 4.13. The van der Waals surface area contributed by atoms with E-state index in [4.69, 9.17) is 0 Å². The summed E-state index contributed by atoms with van der Waals surface area (Å²) in [5.74, 6) is 0. The second-order valence-corrected chi connectivity index (χ2v) is 7.35. The maximum atomic E-state index is 4.42. The predicted octanol–water partition coefficient (Wildman–Crippen LogP) is 5.88. The van der Waals surface area contributed by atoms with Crippen molar-refractivity contribution >= 4 is 22.1 Å². The van der Waals surface area contributed by atoms with E-state index in [-0.39, 0.29) is 7.43 Å². The van der Waals surface area contributed by atoms with Crippen LogP contribution in [0.4, 0.5) is 0 Å². The highest BCUT2D eigenvalue weighted by molar-refractivity contribution is 5.76. The largest absolute Gasteiger partial charge is 0.330 e. The Labute approximate surface area is 162 Å². The van der Waals surface area contributed by atoms with Crippen LogP contribution in [0.15, 0.2) is 43.0 Å². The summed E-state index contributed by atoms with van der Waals surface area (Å²) in [6, 6.07) is 7.24. The topological polar surface area (TPSA) is 48.5 Å². The molecule has 0 bridgehead atoms. The summed E-state index contributed by atoms with van der Waals surface area (Å²) in [6.45, 7) is 12.7. The molecule has 0 aliphatic heterocycles. The molecular weight excluding hydrogens is 334 g/mol. The minimum atomic E-state index is 0. The van der Waals surface area contributed by atoms with Crippen molar-refractivity contribution in [3.05, 3.63) is 54.1 Å². The molecule has 0 atom stereocenters. The molecule has 0 spiro atoms. The van der Waals surface area contributed by atoms with Crippen molar-refractivity contribution in [1.29, 1.82) is 0 Å². The minimum Gasteiger partial charge on any atom is -0.330 e. The van der Waals surface area contributed by atoms with Crippen molar-refractivity contribution < 1.29 is 0 Å². The summed E-state index contributed by atoms with van der Waals surface area (Å²) >= 11 is 0. The van der Waals surface area contributed by atoms with Crippen LogP contribution in [0.1, 0.15) is 58.3 Å². The third-order valence-electron chi connectivity index (χ3n) is 4.31. The number of pyridine rings is 2. The van der Waals surface area contributed by atoms with Crippen molar-refractivity contribution in [1.82, 2.24) is 24.3 Å². The summed E-state index contributed by atoms with van der Waals surface area (Å²) in [7, 11) is 0. The Bertz CT molecular complexity index is 940. The van der Waals surface area contributed by atoms with Gasteiger partial charge in [0.15, 0.2) is 5.65 Å². The van der Waals surface area contributed by atoms with Crippen LogP contribution in [-0.2, 0) is 0 Å². The number of nitrogens with zero attached hydrogens (tertiary/aromatic N) is 5. The summed E-state index contributed by atoms with van der Waals surface area (Å²) in [5, 5.41) is 6.64. The van der Waals surface area contributed by atoms with E-state index in [1.807, 2.05) is 30.2 Å². The lowest BCUT2D eigenvalue weighted by Gasteiger charge is -2.07. The van der Waals surface area contributed by atoms with Gasteiger partial charge in [-0.3, -0.25) is 0 Å². The van der Waals surface area contributed by atoms with Crippen LogP contribution in [0.25, 0.3) is 22.1 Å². The van der Waals surface area contributed by atoms with Gasteiger partial charge in [0, 0.05) is 41.4 Å². The Balaban J connectivity index is 0.000000187. The van der Waals surface area contributed by atoms with Crippen molar-refractivity contribution in [3.63, 3.8) is 0 Å². The average Bonchev–Trinajstić information content (AvgIpc) is 3.18. The SMILES string of the molecule is C.Cc1cnc2c(ccn2C(C)C)c1.Cc1cnc2c(cnn2C(C)C)c1. The molecular formula is C22H31N5. The Morgan fingerprint density at radius 1 is 0.778 bits per heavy atom. The summed E-state index contributed by atoms with van der Waals surface area (Å²) in [6.07, 6.45) is 7.77. The molecule has 5 nitrogen and oxygen atoms in total. The highest BCUT2D eigenvalue weighted by Gasteiger charge is 2.06. The van der Waals surface area contributed by atoms with Gasteiger partial charge < -0.3 is 4.57 Å². The molecule has 0 aromatic carbocycles. The number of hydrogen-bond donors (Lipinski definition) is 0. The van der Waals surface area contributed by atoms with Crippen LogP contribution in [0.3, 0.4) is 0 Å². The Kier molecular flexibility index (Phi) is 6.37. The monoisotopic (exact) mass is 365 g/mol. The third kappa shape index (κ3) is 4.35. The second kappa shape index (κ2) is 8.33. The Hall–Kier alpha value is -2.69. The first-order valence-electron chi connectivity index (χ1n) is 9.10. The average molecular weight is 366 g/mol. The molecule has 0 radical (unpaired) electrons. The molecule has 0 fully saturated rings. The van der Waals surface area contributed by atoms with E-state index >= 15 is 0 Å². The fraction of sp³-hybridized carbons (Fsp3) is 0.409. The maximum absolute atomic E-state index is 4.42. The van der Waals surface area contributed by atoms with Gasteiger partial charge in [0.1, 0.15) is 5.65 Å². The molecule has 0 aliphatic rings. The van der Waals surface area contributed by atoms with E-state index < -0.39 is 0 Å². The minimum absolute atomic E-state index is 0. The lowest BCUT2D eigenvalue weighted by Crippen LogP contribution is -2.02. The van der Waals surface area contributed by atoms with Crippen LogP contribution in [-0.4, -0.2) is 24.3 Å². The van der Waals surface area contributed by atoms with Crippen LogP contribution in [0, 0.1) is 13.8 Å². The lowest BCUT2D eigenvalue weighted by atomic mass is 10.2. The number of fused-ring (bicyclic) bond motifs is 2. The molecule has 0 amide bonds. The zero-order valence-corrected chi connectivity index (χ0v) is 16.4. The van der Waals surface area contributed by atoms with Gasteiger partial charge in [-0.2, -0.15) is 5.10 Å². The normalized spacial score (nSPS) is 11.0. The molecule has 4 aromatic rings. The van der Waals surface area contributed by atoms with Crippen molar-refractivity contribution in [3.8, 4) is 0 Å². The molecule has 27 heavy (non-hydrogen) atoms. The van der Waals surface area contributed by atoms with E-state index in [2.05, 4.69) is 78.6 Å². The Morgan fingerprint density at radius 3 is 1.96 bits per heavy atom. The third-order valence-corrected chi connectivity index (χ3v) is 4.31.